The van der Waals surface area contributed by atoms with Gasteiger partial charge in [0, 0.05) is 23.1 Å². The summed E-state index contributed by atoms with van der Waals surface area (Å²) in [6, 6.07) is 27.3. The summed E-state index contributed by atoms with van der Waals surface area (Å²) in [7, 11) is 0. The highest BCUT2D eigenvalue weighted by Crippen LogP contribution is 2.25. The maximum absolute atomic E-state index is 12.6. The molecule has 0 fully saturated rings. The Morgan fingerprint density at radius 3 is 2.47 bits per heavy atom. The molecule has 0 bridgehead atoms. The van der Waals surface area contributed by atoms with E-state index >= 15 is 0 Å². The molecule has 2 heterocycles. The van der Waals surface area contributed by atoms with E-state index in [-0.39, 0.29) is 12.3 Å². The molecule has 0 saturated heterocycles. The third-order valence-corrected chi connectivity index (χ3v) is 5.24. The van der Waals surface area contributed by atoms with Crippen LogP contribution in [-0.2, 0) is 11.2 Å². The van der Waals surface area contributed by atoms with Crippen molar-refractivity contribution in [3.8, 4) is 22.6 Å². The molecule has 156 valence electrons. The molecule has 0 radical (unpaired) electrons. The number of aryl methyl sites for hydroxylation is 1. The van der Waals surface area contributed by atoms with E-state index < -0.39 is 0 Å². The van der Waals surface area contributed by atoms with Gasteiger partial charge < -0.3 is 9.73 Å². The molecule has 5 aromatic rings. The summed E-state index contributed by atoms with van der Waals surface area (Å²) in [5.74, 6) is 0.496. The number of nitrogens with zero attached hydrogens (tertiary/aromatic N) is 2. The molecule has 5 nitrogen and oxygen atoms in total. The number of rotatable bonds is 5. The Labute approximate surface area is 185 Å². The minimum Gasteiger partial charge on any atom is -0.436 e. The fourth-order valence-corrected chi connectivity index (χ4v) is 3.65. The van der Waals surface area contributed by atoms with E-state index in [2.05, 4.69) is 15.3 Å². The van der Waals surface area contributed by atoms with Crippen LogP contribution in [0.4, 0.5) is 5.69 Å². The highest BCUT2D eigenvalue weighted by Gasteiger charge is 2.11. The van der Waals surface area contributed by atoms with Crippen molar-refractivity contribution in [1.29, 1.82) is 0 Å². The molecule has 5 heteroatoms. The molecule has 0 aliphatic carbocycles. The van der Waals surface area contributed by atoms with E-state index in [0.29, 0.717) is 11.5 Å². The zero-order chi connectivity index (χ0) is 21.9. The van der Waals surface area contributed by atoms with Crippen LogP contribution in [0.25, 0.3) is 33.7 Å². The van der Waals surface area contributed by atoms with E-state index in [9.17, 15) is 4.79 Å². The van der Waals surface area contributed by atoms with Gasteiger partial charge in [0.15, 0.2) is 5.58 Å². The normalized spacial score (nSPS) is 10.9. The van der Waals surface area contributed by atoms with Gasteiger partial charge in [0.2, 0.25) is 11.8 Å². The fourth-order valence-electron chi connectivity index (χ4n) is 3.65. The van der Waals surface area contributed by atoms with Crippen LogP contribution in [0.15, 0.2) is 95.5 Å². The van der Waals surface area contributed by atoms with Crippen molar-refractivity contribution in [1.82, 2.24) is 9.97 Å². The predicted octanol–water partition coefficient (Wildman–Crippen LogP) is 6.05. The summed E-state index contributed by atoms with van der Waals surface area (Å²) in [6.45, 7) is 1.97. The molecule has 0 atom stereocenters. The summed E-state index contributed by atoms with van der Waals surface area (Å²) < 4.78 is 5.85. The van der Waals surface area contributed by atoms with Crippen LogP contribution >= 0.6 is 0 Å². The molecular weight excluding hydrogens is 398 g/mol. The lowest BCUT2D eigenvalue weighted by atomic mass is 10.1. The molecule has 3 aromatic carbocycles. The number of fused-ring (bicyclic) bond motifs is 1. The van der Waals surface area contributed by atoms with Crippen molar-refractivity contribution >= 4 is 22.7 Å². The molecule has 1 N–H and O–H groups in total. The molecule has 0 spiro atoms. The molecule has 0 aliphatic rings. The first-order chi connectivity index (χ1) is 15.6. The van der Waals surface area contributed by atoms with Gasteiger partial charge in [0.1, 0.15) is 5.52 Å². The maximum atomic E-state index is 12.6. The number of anilines is 1. The molecular formula is C27H21N3O2. The Morgan fingerprint density at radius 1 is 0.875 bits per heavy atom. The number of amides is 1. The van der Waals surface area contributed by atoms with Gasteiger partial charge >= 0.3 is 0 Å². The Kier molecular flexibility index (Phi) is 5.22. The Bertz CT molecular complexity index is 1390. The van der Waals surface area contributed by atoms with Gasteiger partial charge in [-0.25, -0.2) is 4.98 Å². The number of pyridine rings is 1. The average molecular weight is 419 g/mol. The van der Waals surface area contributed by atoms with Gasteiger partial charge in [0.25, 0.3) is 0 Å². The Hall–Kier alpha value is -4.25. The van der Waals surface area contributed by atoms with Gasteiger partial charge in [0.05, 0.1) is 6.42 Å². The third kappa shape index (κ3) is 4.27. The quantitative estimate of drug-likeness (QED) is 0.377. The average Bonchev–Trinajstić information content (AvgIpc) is 3.24. The van der Waals surface area contributed by atoms with E-state index in [1.165, 1.54) is 0 Å². The van der Waals surface area contributed by atoms with Crippen molar-refractivity contribution in [3.05, 3.63) is 102 Å². The van der Waals surface area contributed by atoms with Crippen LogP contribution in [0.1, 0.15) is 11.3 Å². The van der Waals surface area contributed by atoms with Crippen LogP contribution in [0.3, 0.4) is 0 Å². The van der Waals surface area contributed by atoms with Crippen LogP contribution in [-0.4, -0.2) is 15.9 Å². The Morgan fingerprint density at radius 2 is 1.69 bits per heavy atom. The SMILES string of the molecule is Cc1cc(-c2ccc(NC(=O)Cc3ccc4oc(-c5ccccc5)nc4c3)cc2)ccn1. The second-order valence-electron chi connectivity index (χ2n) is 7.68. The van der Waals surface area contributed by atoms with E-state index in [1.54, 1.807) is 6.20 Å². The summed E-state index contributed by atoms with van der Waals surface area (Å²) in [5.41, 5.74) is 7.17. The van der Waals surface area contributed by atoms with Gasteiger partial charge in [-0.1, -0.05) is 36.4 Å². The highest BCUT2D eigenvalue weighted by atomic mass is 16.3. The van der Waals surface area contributed by atoms with Crippen molar-refractivity contribution < 1.29 is 9.21 Å². The lowest BCUT2D eigenvalue weighted by Crippen LogP contribution is -2.14. The molecule has 1 amide bonds. The smallest absolute Gasteiger partial charge is 0.228 e. The number of aromatic nitrogens is 2. The Balaban J connectivity index is 1.27. The molecule has 32 heavy (non-hydrogen) atoms. The number of carbonyl (C=O) groups excluding carboxylic acids is 1. The van der Waals surface area contributed by atoms with E-state index in [0.717, 1.165) is 39.2 Å². The lowest BCUT2D eigenvalue weighted by Gasteiger charge is -2.07. The van der Waals surface area contributed by atoms with Crippen LogP contribution in [0.2, 0.25) is 0 Å². The molecule has 2 aromatic heterocycles. The highest BCUT2D eigenvalue weighted by molar-refractivity contribution is 5.93. The topological polar surface area (TPSA) is 68.0 Å². The predicted molar refractivity (Wildman–Crippen MR) is 126 cm³/mol. The van der Waals surface area contributed by atoms with Crippen LogP contribution in [0.5, 0.6) is 0 Å². The van der Waals surface area contributed by atoms with Crippen molar-refractivity contribution in [2.45, 2.75) is 13.3 Å². The standard InChI is InChI=1S/C27H21N3O2/c1-18-15-22(13-14-28-18)20-8-10-23(11-9-20)29-26(31)17-19-7-12-25-24(16-19)30-27(32-25)21-5-3-2-4-6-21/h2-16H,17H2,1H3,(H,29,31). The van der Waals surface area contributed by atoms with Gasteiger partial charge in [-0.05, 0) is 72.1 Å². The number of benzene rings is 3. The molecule has 0 saturated carbocycles. The first-order valence-corrected chi connectivity index (χ1v) is 10.4. The summed E-state index contributed by atoms with van der Waals surface area (Å²) in [6.07, 6.45) is 2.06. The maximum Gasteiger partial charge on any atom is 0.228 e. The van der Waals surface area contributed by atoms with Crippen molar-refractivity contribution in [3.63, 3.8) is 0 Å². The summed E-state index contributed by atoms with van der Waals surface area (Å²) in [4.78, 5) is 21.4. The van der Waals surface area contributed by atoms with Gasteiger partial charge in [-0.2, -0.15) is 0 Å². The first kappa shape index (κ1) is 19.7. The van der Waals surface area contributed by atoms with Gasteiger partial charge in [-0.15, -0.1) is 0 Å². The summed E-state index contributed by atoms with van der Waals surface area (Å²) in [5, 5.41) is 2.96. The molecule has 5 rings (SSSR count). The first-order valence-electron chi connectivity index (χ1n) is 10.4. The fraction of sp³-hybridized carbons (Fsp3) is 0.0741. The molecule has 0 aliphatic heterocycles. The number of hydrogen-bond acceptors (Lipinski definition) is 4. The molecule has 0 unspecified atom stereocenters. The minimum atomic E-state index is -0.0800. The number of carbonyl (C=O) groups is 1. The zero-order valence-corrected chi connectivity index (χ0v) is 17.6. The van der Waals surface area contributed by atoms with Crippen molar-refractivity contribution in [2.24, 2.45) is 0 Å². The van der Waals surface area contributed by atoms with Crippen LogP contribution < -0.4 is 5.32 Å². The van der Waals surface area contributed by atoms with E-state index in [4.69, 9.17) is 4.42 Å². The van der Waals surface area contributed by atoms with Gasteiger partial charge in [-0.3, -0.25) is 9.78 Å². The van der Waals surface area contributed by atoms with E-state index in [1.807, 2.05) is 91.9 Å². The second-order valence-corrected chi connectivity index (χ2v) is 7.68. The zero-order valence-electron chi connectivity index (χ0n) is 17.6. The summed E-state index contributed by atoms with van der Waals surface area (Å²) >= 11 is 0. The third-order valence-electron chi connectivity index (χ3n) is 5.24. The number of oxazole rings is 1. The second kappa shape index (κ2) is 8.47. The number of hydrogen-bond donors (Lipinski definition) is 1. The monoisotopic (exact) mass is 419 g/mol. The number of nitrogens with one attached hydrogen (secondary N) is 1. The van der Waals surface area contributed by atoms with Crippen molar-refractivity contribution in [2.75, 3.05) is 5.32 Å². The minimum absolute atomic E-state index is 0.0800. The lowest BCUT2D eigenvalue weighted by molar-refractivity contribution is -0.115. The largest absolute Gasteiger partial charge is 0.436 e. The van der Waals surface area contributed by atoms with Crippen LogP contribution in [0, 0.1) is 6.92 Å².